The molecule has 6 atom stereocenters. The molecule has 3 aliphatic carbocycles. The number of hydrogen-bond donors (Lipinski definition) is 0. The third kappa shape index (κ3) is 7.27. The van der Waals surface area contributed by atoms with Gasteiger partial charge < -0.3 is 4.74 Å². The molecule has 2 heteroatoms. The third-order valence-corrected chi connectivity index (χ3v) is 8.85. The summed E-state index contributed by atoms with van der Waals surface area (Å²) < 4.78 is 5.94. The monoisotopic (exact) mass is 418 g/mol. The highest BCUT2D eigenvalue weighted by Gasteiger charge is 2.44. The first-order valence-corrected chi connectivity index (χ1v) is 13.9. The molecular weight excluding hydrogens is 368 g/mol. The number of ether oxygens (including phenoxy) is 1. The molecular formula is C28H50O2. The zero-order valence-electron chi connectivity index (χ0n) is 20.2. The van der Waals surface area contributed by atoms with Gasteiger partial charge in [0.15, 0.2) is 0 Å². The van der Waals surface area contributed by atoms with Gasteiger partial charge in [-0.15, -0.1) is 0 Å². The van der Waals surface area contributed by atoms with Crippen LogP contribution in [-0.2, 0) is 9.53 Å². The van der Waals surface area contributed by atoms with Crippen LogP contribution >= 0.6 is 0 Å². The number of esters is 1. The summed E-state index contributed by atoms with van der Waals surface area (Å²) in [5.74, 6) is 4.88. The summed E-state index contributed by atoms with van der Waals surface area (Å²) in [5.41, 5.74) is 0. The van der Waals surface area contributed by atoms with Crippen molar-refractivity contribution in [1.82, 2.24) is 0 Å². The molecule has 3 saturated carbocycles. The van der Waals surface area contributed by atoms with Gasteiger partial charge in [-0.05, 0) is 81.0 Å². The van der Waals surface area contributed by atoms with Crippen LogP contribution in [0.2, 0.25) is 0 Å². The number of unbranched alkanes of at least 4 members (excludes halogenated alkanes) is 7. The maximum Gasteiger partial charge on any atom is 0.306 e. The fourth-order valence-corrected chi connectivity index (χ4v) is 7.20. The maximum absolute atomic E-state index is 12.3. The predicted octanol–water partition coefficient (Wildman–Crippen LogP) is 8.47. The Kier molecular flexibility index (Phi) is 10.5. The summed E-state index contributed by atoms with van der Waals surface area (Å²) in [7, 11) is 0. The van der Waals surface area contributed by atoms with Crippen molar-refractivity contribution in [3.05, 3.63) is 0 Å². The number of carbonyl (C=O) groups is 1. The zero-order valence-corrected chi connectivity index (χ0v) is 20.2. The maximum atomic E-state index is 12.3. The van der Waals surface area contributed by atoms with Crippen molar-refractivity contribution in [2.24, 2.45) is 29.6 Å². The van der Waals surface area contributed by atoms with Crippen molar-refractivity contribution in [2.45, 2.75) is 142 Å². The summed E-state index contributed by atoms with van der Waals surface area (Å²) in [5, 5.41) is 0. The smallest absolute Gasteiger partial charge is 0.306 e. The first-order valence-electron chi connectivity index (χ1n) is 13.9. The van der Waals surface area contributed by atoms with E-state index in [4.69, 9.17) is 4.74 Å². The summed E-state index contributed by atoms with van der Waals surface area (Å²) in [6.45, 7) is 4.57. The molecule has 6 unspecified atom stereocenters. The number of rotatable bonds is 12. The lowest BCUT2D eigenvalue weighted by molar-refractivity contribution is -0.153. The van der Waals surface area contributed by atoms with Gasteiger partial charge in [0.25, 0.3) is 0 Å². The highest BCUT2D eigenvalue weighted by atomic mass is 16.5. The highest BCUT2D eigenvalue weighted by molar-refractivity contribution is 5.69. The van der Waals surface area contributed by atoms with Gasteiger partial charge in [0.05, 0.1) is 0 Å². The van der Waals surface area contributed by atoms with Gasteiger partial charge in [-0.2, -0.15) is 0 Å². The number of fused-ring (bicyclic) bond motifs is 3. The molecule has 0 spiro atoms. The average Bonchev–Trinajstić information content (AvgIpc) is 2.76. The molecule has 0 saturated heterocycles. The standard InChI is InChI=1S/C28H50O2/c1-3-5-7-8-9-11-13-28(29)30-25-17-19-27-24(21-25)16-15-23-20-22(12-10-6-4-2)14-18-26(23)27/h22-27H,3-21H2,1-2H3. The van der Waals surface area contributed by atoms with Crippen LogP contribution in [0.15, 0.2) is 0 Å². The molecule has 0 aromatic carbocycles. The van der Waals surface area contributed by atoms with E-state index in [-0.39, 0.29) is 12.1 Å². The first-order chi connectivity index (χ1) is 14.7. The van der Waals surface area contributed by atoms with Crippen LogP contribution in [0.25, 0.3) is 0 Å². The Hall–Kier alpha value is -0.530. The van der Waals surface area contributed by atoms with E-state index in [0.717, 1.165) is 48.9 Å². The van der Waals surface area contributed by atoms with Gasteiger partial charge in [0, 0.05) is 6.42 Å². The number of hydrogen-bond acceptors (Lipinski definition) is 2. The average molecular weight is 419 g/mol. The molecule has 0 aromatic rings. The van der Waals surface area contributed by atoms with E-state index in [1.807, 2.05) is 0 Å². The molecule has 3 fully saturated rings. The first kappa shape index (κ1) is 24.1. The van der Waals surface area contributed by atoms with Crippen LogP contribution in [0.1, 0.15) is 136 Å². The van der Waals surface area contributed by atoms with Crippen molar-refractivity contribution >= 4 is 5.97 Å². The Morgan fingerprint density at radius 2 is 1.33 bits per heavy atom. The largest absolute Gasteiger partial charge is 0.462 e. The van der Waals surface area contributed by atoms with Crippen LogP contribution in [0.4, 0.5) is 0 Å². The number of carbonyl (C=O) groups excluding carboxylic acids is 1. The molecule has 0 heterocycles. The third-order valence-electron chi connectivity index (χ3n) is 8.85. The summed E-state index contributed by atoms with van der Waals surface area (Å²) in [6, 6.07) is 0. The second-order valence-corrected chi connectivity index (χ2v) is 11.0. The van der Waals surface area contributed by atoms with Gasteiger partial charge in [-0.1, -0.05) is 78.1 Å². The Balaban J connectivity index is 1.34. The molecule has 3 aliphatic rings. The van der Waals surface area contributed by atoms with E-state index >= 15 is 0 Å². The van der Waals surface area contributed by atoms with E-state index in [0.29, 0.717) is 6.42 Å². The fourth-order valence-electron chi connectivity index (χ4n) is 7.20. The quantitative estimate of drug-likeness (QED) is 0.235. The van der Waals surface area contributed by atoms with Crippen molar-refractivity contribution in [2.75, 3.05) is 0 Å². The molecule has 0 amide bonds. The Bertz CT molecular complexity index is 487. The Morgan fingerprint density at radius 1 is 0.700 bits per heavy atom. The van der Waals surface area contributed by atoms with Crippen molar-refractivity contribution in [3.8, 4) is 0 Å². The lowest BCUT2D eigenvalue weighted by Crippen LogP contribution is -2.43. The molecule has 30 heavy (non-hydrogen) atoms. The van der Waals surface area contributed by atoms with Gasteiger partial charge in [-0.25, -0.2) is 0 Å². The lowest BCUT2D eigenvalue weighted by atomic mass is 9.56. The lowest BCUT2D eigenvalue weighted by Gasteiger charge is -2.50. The topological polar surface area (TPSA) is 26.3 Å². The second-order valence-electron chi connectivity index (χ2n) is 11.0. The molecule has 2 nitrogen and oxygen atoms in total. The van der Waals surface area contributed by atoms with E-state index in [1.54, 1.807) is 0 Å². The van der Waals surface area contributed by atoms with Gasteiger partial charge in [0.1, 0.15) is 6.10 Å². The Morgan fingerprint density at radius 3 is 2.10 bits per heavy atom. The van der Waals surface area contributed by atoms with E-state index in [9.17, 15) is 4.79 Å². The van der Waals surface area contributed by atoms with E-state index in [1.165, 1.54) is 96.3 Å². The summed E-state index contributed by atoms with van der Waals surface area (Å²) >= 11 is 0. The fraction of sp³-hybridized carbons (Fsp3) is 0.964. The normalized spacial score (nSPS) is 33.5. The van der Waals surface area contributed by atoms with Crippen LogP contribution in [0.3, 0.4) is 0 Å². The molecule has 0 N–H and O–H groups in total. The van der Waals surface area contributed by atoms with E-state index in [2.05, 4.69) is 13.8 Å². The van der Waals surface area contributed by atoms with Crippen LogP contribution in [0.5, 0.6) is 0 Å². The van der Waals surface area contributed by atoms with Gasteiger partial charge in [-0.3, -0.25) is 4.79 Å². The zero-order chi connectivity index (χ0) is 21.2. The molecule has 0 aromatic heterocycles. The minimum atomic E-state index is 0.0789. The van der Waals surface area contributed by atoms with Crippen molar-refractivity contribution < 1.29 is 9.53 Å². The minimum absolute atomic E-state index is 0.0789. The Labute approximate surface area is 187 Å². The molecule has 0 radical (unpaired) electrons. The second kappa shape index (κ2) is 13.1. The summed E-state index contributed by atoms with van der Waals surface area (Å²) in [4.78, 5) is 12.3. The van der Waals surface area contributed by atoms with Gasteiger partial charge in [0.2, 0.25) is 0 Å². The van der Waals surface area contributed by atoms with Crippen LogP contribution < -0.4 is 0 Å². The molecule has 0 aliphatic heterocycles. The van der Waals surface area contributed by atoms with Gasteiger partial charge >= 0.3 is 5.97 Å². The highest BCUT2D eigenvalue weighted by Crippen LogP contribution is 2.53. The molecule has 174 valence electrons. The molecule has 3 rings (SSSR count). The molecule has 0 bridgehead atoms. The summed E-state index contributed by atoms with van der Waals surface area (Å²) in [6.07, 6.45) is 25.0. The van der Waals surface area contributed by atoms with Crippen LogP contribution in [0, 0.1) is 29.6 Å². The predicted molar refractivity (Wildman–Crippen MR) is 126 cm³/mol. The minimum Gasteiger partial charge on any atom is -0.462 e. The SMILES string of the molecule is CCCCCCCCC(=O)OC1CCC2C(CCC3CC(CCCCC)CCC32)C1. The van der Waals surface area contributed by atoms with Crippen molar-refractivity contribution in [3.63, 3.8) is 0 Å². The van der Waals surface area contributed by atoms with Crippen LogP contribution in [-0.4, -0.2) is 12.1 Å². The van der Waals surface area contributed by atoms with E-state index < -0.39 is 0 Å². The van der Waals surface area contributed by atoms with Crippen molar-refractivity contribution in [1.29, 1.82) is 0 Å².